The molecule has 22 heavy (non-hydrogen) atoms. The molecule has 0 aliphatic carbocycles. The quantitative estimate of drug-likeness (QED) is 0.666. The van der Waals surface area contributed by atoms with Crippen molar-refractivity contribution in [2.45, 2.75) is 31.6 Å². The highest BCUT2D eigenvalue weighted by Gasteiger charge is 2.28. The number of carbonyl (C=O) groups is 3. The molecule has 0 unspecified atom stereocenters. The molecule has 3 heterocycles. The molecule has 6 nitrogen and oxygen atoms in total. The first kappa shape index (κ1) is 14.7. The highest BCUT2D eigenvalue weighted by Crippen LogP contribution is 2.26. The van der Waals surface area contributed by atoms with Crippen LogP contribution in [0, 0.1) is 5.92 Å². The van der Waals surface area contributed by atoms with Gasteiger partial charge in [-0.3, -0.25) is 14.9 Å². The van der Waals surface area contributed by atoms with Crippen LogP contribution >= 0.6 is 0 Å². The third-order valence-corrected chi connectivity index (χ3v) is 4.47. The average Bonchev–Trinajstić information content (AvgIpc) is 2.55. The molecule has 0 bridgehead atoms. The van der Waals surface area contributed by atoms with Crippen LogP contribution in [0.3, 0.4) is 0 Å². The zero-order chi connectivity index (χ0) is 15.5. The molecule has 0 spiro atoms. The summed E-state index contributed by atoms with van der Waals surface area (Å²) in [5.41, 5.74) is 0.844. The number of amides is 2. The molecule has 0 radical (unpaired) electrons. The molecule has 2 aliphatic rings. The number of piperidine rings is 2. The number of anilines is 1. The molecular weight excluding hydrogens is 282 g/mol. The Morgan fingerprint density at radius 3 is 2.55 bits per heavy atom. The van der Waals surface area contributed by atoms with Crippen LogP contribution in [0.2, 0.25) is 0 Å². The Hall–Kier alpha value is -2.24. The first-order valence-corrected chi connectivity index (χ1v) is 7.67. The van der Waals surface area contributed by atoms with Gasteiger partial charge < -0.3 is 9.69 Å². The number of nitrogens with one attached hydrogen (secondary N) is 1. The lowest BCUT2D eigenvalue weighted by atomic mass is 9.91. The van der Waals surface area contributed by atoms with Gasteiger partial charge in [0, 0.05) is 31.6 Å². The number of nitrogens with zero attached hydrogens (tertiary/aromatic N) is 2. The minimum Gasteiger partial charge on any atom is -0.357 e. The zero-order valence-electron chi connectivity index (χ0n) is 12.3. The van der Waals surface area contributed by atoms with E-state index in [0.29, 0.717) is 12.8 Å². The average molecular weight is 301 g/mol. The summed E-state index contributed by atoms with van der Waals surface area (Å²) in [6.45, 7) is 1.66. The summed E-state index contributed by atoms with van der Waals surface area (Å²) in [6, 6.07) is 3.83. The second-order valence-corrected chi connectivity index (χ2v) is 5.91. The Labute approximate surface area is 128 Å². The minimum absolute atomic E-state index is 0.166. The van der Waals surface area contributed by atoms with Crippen molar-refractivity contribution < 1.29 is 14.4 Å². The van der Waals surface area contributed by atoms with Gasteiger partial charge in [-0.25, -0.2) is 4.98 Å². The largest absolute Gasteiger partial charge is 0.357 e. The van der Waals surface area contributed by atoms with Crippen LogP contribution in [-0.2, 0) is 14.4 Å². The van der Waals surface area contributed by atoms with E-state index in [2.05, 4.69) is 15.2 Å². The van der Waals surface area contributed by atoms with Gasteiger partial charge in [0.1, 0.15) is 12.1 Å². The molecule has 0 aromatic carbocycles. The number of aromatic nitrogens is 1. The summed E-state index contributed by atoms with van der Waals surface area (Å²) in [6.07, 6.45) is 5.39. The van der Waals surface area contributed by atoms with Gasteiger partial charge in [0.05, 0.1) is 5.92 Å². The van der Waals surface area contributed by atoms with E-state index in [9.17, 15) is 14.4 Å². The van der Waals surface area contributed by atoms with Crippen molar-refractivity contribution >= 4 is 23.9 Å². The van der Waals surface area contributed by atoms with E-state index in [1.54, 1.807) is 6.20 Å². The zero-order valence-corrected chi connectivity index (χ0v) is 12.3. The smallest absolute Gasteiger partial charge is 0.234 e. The topological polar surface area (TPSA) is 79.4 Å². The van der Waals surface area contributed by atoms with E-state index >= 15 is 0 Å². The lowest BCUT2D eigenvalue weighted by Gasteiger charge is -2.30. The molecule has 2 aliphatic heterocycles. The Bertz CT molecular complexity index is 577. The highest BCUT2D eigenvalue weighted by molar-refractivity contribution is 6.00. The summed E-state index contributed by atoms with van der Waals surface area (Å²) in [5.74, 6) is 0.306. The Morgan fingerprint density at radius 2 is 1.95 bits per heavy atom. The number of rotatable bonds is 3. The maximum atomic E-state index is 11.9. The summed E-state index contributed by atoms with van der Waals surface area (Å²) >= 11 is 0. The third-order valence-electron chi connectivity index (χ3n) is 4.47. The van der Waals surface area contributed by atoms with Crippen LogP contribution in [0.25, 0.3) is 0 Å². The van der Waals surface area contributed by atoms with Crippen LogP contribution in [0.1, 0.15) is 37.2 Å². The minimum atomic E-state index is -0.292. The maximum Gasteiger partial charge on any atom is 0.234 e. The number of carbonyl (C=O) groups excluding carboxylic acids is 3. The fourth-order valence-corrected chi connectivity index (χ4v) is 3.07. The van der Waals surface area contributed by atoms with E-state index in [1.807, 2.05) is 12.1 Å². The van der Waals surface area contributed by atoms with E-state index in [-0.39, 0.29) is 23.7 Å². The molecular formula is C16H19N3O3. The molecule has 1 atom stereocenters. The second kappa shape index (κ2) is 6.25. The maximum absolute atomic E-state index is 11.9. The van der Waals surface area contributed by atoms with Gasteiger partial charge in [-0.05, 0) is 30.9 Å². The lowest BCUT2D eigenvalue weighted by Crippen LogP contribution is -2.39. The number of imide groups is 1. The van der Waals surface area contributed by atoms with E-state index < -0.39 is 0 Å². The molecule has 1 aromatic rings. The van der Waals surface area contributed by atoms with Crippen molar-refractivity contribution in [3.05, 3.63) is 23.9 Å². The normalized spacial score (nSPS) is 23.3. The fraction of sp³-hybridized carbons (Fsp3) is 0.500. The van der Waals surface area contributed by atoms with Crippen LogP contribution < -0.4 is 10.2 Å². The van der Waals surface area contributed by atoms with Crippen molar-refractivity contribution in [1.82, 2.24) is 10.3 Å². The van der Waals surface area contributed by atoms with Crippen molar-refractivity contribution in [2.75, 3.05) is 18.0 Å². The molecule has 2 saturated heterocycles. The molecule has 0 saturated carbocycles. The molecule has 116 valence electrons. The predicted octanol–water partition coefficient (Wildman–Crippen LogP) is 1.02. The van der Waals surface area contributed by atoms with Crippen molar-refractivity contribution in [3.8, 4) is 0 Å². The first-order chi connectivity index (χ1) is 10.7. The number of hydrogen-bond acceptors (Lipinski definition) is 5. The van der Waals surface area contributed by atoms with E-state index in [0.717, 1.165) is 43.6 Å². The van der Waals surface area contributed by atoms with Crippen LogP contribution in [-0.4, -0.2) is 36.2 Å². The van der Waals surface area contributed by atoms with Gasteiger partial charge >= 0.3 is 0 Å². The van der Waals surface area contributed by atoms with Crippen LogP contribution in [0.5, 0.6) is 0 Å². The van der Waals surface area contributed by atoms with Crippen molar-refractivity contribution in [2.24, 2.45) is 5.92 Å². The summed E-state index contributed by atoms with van der Waals surface area (Å²) < 4.78 is 0. The third kappa shape index (κ3) is 3.00. The van der Waals surface area contributed by atoms with Gasteiger partial charge in [-0.2, -0.15) is 0 Å². The van der Waals surface area contributed by atoms with Crippen molar-refractivity contribution in [1.29, 1.82) is 0 Å². The molecule has 3 rings (SSSR count). The first-order valence-electron chi connectivity index (χ1n) is 7.67. The van der Waals surface area contributed by atoms with E-state index in [4.69, 9.17) is 0 Å². The van der Waals surface area contributed by atoms with Gasteiger partial charge in [-0.1, -0.05) is 6.07 Å². The Morgan fingerprint density at radius 1 is 1.18 bits per heavy atom. The molecule has 6 heteroatoms. The monoisotopic (exact) mass is 301 g/mol. The SMILES string of the molecule is O=CC1CCN(c2ccc([C@H]3CCC(=O)NC3=O)cn2)CC1. The summed E-state index contributed by atoms with van der Waals surface area (Å²) in [5, 5.41) is 2.37. The summed E-state index contributed by atoms with van der Waals surface area (Å²) in [4.78, 5) is 40.4. The second-order valence-electron chi connectivity index (χ2n) is 5.91. The highest BCUT2D eigenvalue weighted by atomic mass is 16.2. The molecule has 2 fully saturated rings. The van der Waals surface area contributed by atoms with Crippen LogP contribution in [0.15, 0.2) is 18.3 Å². The molecule has 2 amide bonds. The van der Waals surface area contributed by atoms with Crippen molar-refractivity contribution in [3.63, 3.8) is 0 Å². The molecule has 1 N–H and O–H groups in total. The van der Waals surface area contributed by atoms with E-state index in [1.165, 1.54) is 0 Å². The number of hydrogen-bond donors (Lipinski definition) is 1. The predicted molar refractivity (Wildman–Crippen MR) is 80.4 cm³/mol. The summed E-state index contributed by atoms with van der Waals surface area (Å²) in [7, 11) is 0. The number of pyridine rings is 1. The van der Waals surface area contributed by atoms with Gasteiger partial charge in [0.2, 0.25) is 11.8 Å². The number of aldehydes is 1. The standard InChI is InChI=1S/C16H19N3O3/c20-10-11-5-7-19(8-6-11)14-3-1-12(9-17-14)13-2-4-15(21)18-16(13)22/h1,3,9-11,13H,2,4-8H2,(H,18,21,22)/t13-/m1/s1. The van der Waals surface area contributed by atoms with Crippen LogP contribution in [0.4, 0.5) is 5.82 Å². The lowest BCUT2D eigenvalue weighted by molar-refractivity contribution is -0.134. The Kier molecular flexibility index (Phi) is 4.18. The fourth-order valence-electron chi connectivity index (χ4n) is 3.07. The molecule has 1 aromatic heterocycles. The van der Waals surface area contributed by atoms with Gasteiger partial charge in [0.15, 0.2) is 0 Å². The van der Waals surface area contributed by atoms with Gasteiger partial charge in [0.25, 0.3) is 0 Å². The Balaban J connectivity index is 1.67. The van der Waals surface area contributed by atoms with Gasteiger partial charge in [-0.15, -0.1) is 0 Å².